The molecule has 5 rings (SSSR count). The van der Waals surface area contributed by atoms with Gasteiger partial charge in [0.05, 0.1) is 26.0 Å². The van der Waals surface area contributed by atoms with E-state index < -0.39 is 0 Å². The lowest BCUT2D eigenvalue weighted by Crippen LogP contribution is -2.45. The Morgan fingerprint density at radius 2 is 1.97 bits per heavy atom. The highest BCUT2D eigenvalue weighted by Gasteiger charge is 2.18. The molecule has 0 unspecified atom stereocenters. The largest absolute Gasteiger partial charge is 0.497 e. The van der Waals surface area contributed by atoms with Crippen molar-refractivity contribution < 1.29 is 14.3 Å². The minimum atomic E-state index is -0.112. The fraction of sp³-hybridized carbons (Fsp3) is 0.357. The molecule has 0 spiro atoms. The Bertz CT molecular complexity index is 1330. The smallest absolute Gasteiger partial charge is 0.321 e. The zero-order valence-electron chi connectivity index (χ0n) is 21.4. The number of urea groups is 1. The number of imidazole rings is 1. The first kappa shape index (κ1) is 25.3. The highest BCUT2D eigenvalue weighted by atomic mass is 32.1. The molecule has 0 bridgehead atoms. The molecular weight excluding hydrogens is 486 g/mol. The summed E-state index contributed by atoms with van der Waals surface area (Å²) < 4.78 is 12.9. The SMILES string of the molecule is COc1cccc(NC(=O)N(CCc2csc3nc(-c4ccc(C)cc4)cn23)CCN2CCOCC2)c1. The number of morpholine rings is 1. The summed E-state index contributed by atoms with van der Waals surface area (Å²) in [7, 11) is 1.62. The fourth-order valence-electron chi connectivity index (χ4n) is 4.43. The average Bonchev–Trinajstić information content (AvgIpc) is 3.51. The summed E-state index contributed by atoms with van der Waals surface area (Å²) >= 11 is 1.63. The van der Waals surface area contributed by atoms with Crippen molar-refractivity contribution in [2.75, 3.05) is 58.4 Å². The summed E-state index contributed by atoms with van der Waals surface area (Å²) in [6.07, 6.45) is 2.83. The number of aromatic nitrogens is 2. The highest BCUT2D eigenvalue weighted by molar-refractivity contribution is 7.15. The molecule has 9 heteroatoms. The number of nitrogens with zero attached hydrogens (tertiary/aromatic N) is 4. The second kappa shape index (κ2) is 11.8. The number of ether oxygens (including phenoxy) is 2. The number of anilines is 1. The van der Waals surface area contributed by atoms with Gasteiger partial charge >= 0.3 is 6.03 Å². The maximum Gasteiger partial charge on any atom is 0.321 e. The van der Waals surface area contributed by atoms with Gasteiger partial charge < -0.3 is 19.7 Å². The van der Waals surface area contributed by atoms with Crippen LogP contribution in [0, 0.1) is 6.92 Å². The molecule has 2 aromatic carbocycles. The molecule has 0 atom stereocenters. The van der Waals surface area contributed by atoms with Gasteiger partial charge in [-0.2, -0.15) is 0 Å². The first-order valence-electron chi connectivity index (χ1n) is 12.6. The van der Waals surface area contributed by atoms with Crippen LogP contribution in [0.15, 0.2) is 60.1 Å². The first-order valence-corrected chi connectivity index (χ1v) is 13.5. The van der Waals surface area contributed by atoms with E-state index in [-0.39, 0.29) is 6.03 Å². The lowest BCUT2D eigenvalue weighted by Gasteiger charge is -2.30. The second-order valence-corrected chi connectivity index (χ2v) is 10.1. The number of carbonyl (C=O) groups excluding carboxylic acids is 1. The van der Waals surface area contributed by atoms with E-state index in [1.54, 1.807) is 18.4 Å². The van der Waals surface area contributed by atoms with Crippen LogP contribution in [0.3, 0.4) is 0 Å². The molecule has 194 valence electrons. The lowest BCUT2D eigenvalue weighted by atomic mass is 10.1. The van der Waals surface area contributed by atoms with E-state index >= 15 is 0 Å². The highest BCUT2D eigenvalue weighted by Crippen LogP contribution is 2.24. The van der Waals surface area contributed by atoms with Gasteiger partial charge in [-0.05, 0) is 19.1 Å². The molecule has 2 aromatic heterocycles. The van der Waals surface area contributed by atoms with Crippen LogP contribution < -0.4 is 10.1 Å². The third-order valence-electron chi connectivity index (χ3n) is 6.67. The van der Waals surface area contributed by atoms with Gasteiger partial charge in [0, 0.05) is 73.7 Å². The van der Waals surface area contributed by atoms with Crippen LogP contribution in [-0.4, -0.2) is 78.3 Å². The van der Waals surface area contributed by atoms with Crippen molar-refractivity contribution in [1.82, 2.24) is 19.2 Å². The van der Waals surface area contributed by atoms with Gasteiger partial charge in [0.15, 0.2) is 4.96 Å². The molecule has 8 nitrogen and oxygen atoms in total. The molecule has 0 radical (unpaired) electrons. The van der Waals surface area contributed by atoms with Crippen molar-refractivity contribution in [3.8, 4) is 17.0 Å². The average molecular weight is 520 g/mol. The zero-order chi connectivity index (χ0) is 25.6. The summed E-state index contributed by atoms with van der Waals surface area (Å²) in [6, 6.07) is 15.8. The molecule has 4 aromatic rings. The van der Waals surface area contributed by atoms with Crippen molar-refractivity contribution >= 4 is 28.0 Å². The maximum absolute atomic E-state index is 13.3. The number of benzene rings is 2. The fourth-order valence-corrected chi connectivity index (χ4v) is 5.33. The van der Waals surface area contributed by atoms with E-state index in [0.717, 1.165) is 66.9 Å². The standard InChI is InChI=1S/C28H33N5O3S/c1-21-6-8-22(9-7-21)26-19-33-24(20-37-28(33)30-26)10-11-32(13-12-31-14-16-36-17-15-31)27(34)29-23-4-3-5-25(18-23)35-2/h3-9,18-20H,10-17H2,1-2H3,(H,29,34). The van der Waals surface area contributed by atoms with E-state index in [4.69, 9.17) is 14.5 Å². The van der Waals surface area contributed by atoms with Crippen molar-refractivity contribution in [3.05, 3.63) is 71.4 Å². The van der Waals surface area contributed by atoms with Gasteiger partial charge in [-0.25, -0.2) is 9.78 Å². The number of nitrogens with one attached hydrogen (secondary N) is 1. The number of thiazole rings is 1. The Kier molecular flexibility index (Phi) is 8.03. The van der Waals surface area contributed by atoms with Crippen LogP contribution in [0.2, 0.25) is 0 Å². The van der Waals surface area contributed by atoms with Crippen LogP contribution in [-0.2, 0) is 11.2 Å². The number of fused-ring (bicyclic) bond motifs is 1. The van der Waals surface area contributed by atoms with Gasteiger partial charge in [0.2, 0.25) is 0 Å². The number of hydrogen-bond donors (Lipinski definition) is 1. The van der Waals surface area contributed by atoms with Crippen LogP contribution in [0.4, 0.5) is 10.5 Å². The number of amides is 2. The second-order valence-electron chi connectivity index (χ2n) is 9.22. The van der Waals surface area contributed by atoms with E-state index in [1.165, 1.54) is 5.56 Å². The molecule has 1 saturated heterocycles. The van der Waals surface area contributed by atoms with Gasteiger partial charge in [-0.1, -0.05) is 35.9 Å². The van der Waals surface area contributed by atoms with Crippen LogP contribution in [0.5, 0.6) is 5.75 Å². The Hall–Kier alpha value is -3.40. The summed E-state index contributed by atoms with van der Waals surface area (Å²) in [5.74, 6) is 0.711. The summed E-state index contributed by atoms with van der Waals surface area (Å²) in [4.78, 5) is 23.4. The molecule has 3 heterocycles. The Morgan fingerprint density at radius 1 is 1.16 bits per heavy atom. The topological polar surface area (TPSA) is 71.3 Å². The maximum atomic E-state index is 13.3. The van der Waals surface area contributed by atoms with E-state index in [9.17, 15) is 4.79 Å². The lowest BCUT2D eigenvalue weighted by molar-refractivity contribution is 0.0352. The van der Waals surface area contributed by atoms with Gasteiger partial charge in [0.25, 0.3) is 0 Å². The third kappa shape index (κ3) is 6.30. The molecule has 1 aliphatic heterocycles. The molecule has 1 aliphatic rings. The number of rotatable bonds is 9. The first-order chi connectivity index (χ1) is 18.1. The summed E-state index contributed by atoms with van der Waals surface area (Å²) in [6.45, 7) is 7.42. The third-order valence-corrected chi connectivity index (χ3v) is 7.56. The molecule has 1 fully saturated rings. The minimum Gasteiger partial charge on any atom is -0.497 e. The number of hydrogen-bond acceptors (Lipinski definition) is 6. The summed E-state index contributed by atoms with van der Waals surface area (Å²) in [5, 5.41) is 5.19. The Balaban J connectivity index is 1.29. The van der Waals surface area contributed by atoms with Crippen molar-refractivity contribution in [2.24, 2.45) is 0 Å². The van der Waals surface area contributed by atoms with Gasteiger partial charge in [0.1, 0.15) is 5.75 Å². The molecule has 2 amide bonds. The van der Waals surface area contributed by atoms with Crippen LogP contribution in [0.25, 0.3) is 16.2 Å². The number of aryl methyl sites for hydroxylation is 1. The monoisotopic (exact) mass is 519 g/mol. The van der Waals surface area contributed by atoms with E-state index in [1.807, 2.05) is 29.2 Å². The quantitative estimate of drug-likeness (QED) is 0.344. The van der Waals surface area contributed by atoms with Crippen molar-refractivity contribution in [3.63, 3.8) is 0 Å². The van der Waals surface area contributed by atoms with E-state index in [2.05, 4.69) is 57.4 Å². The zero-order valence-corrected chi connectivity index (χ0v) is 22.2. The predicted molar refractivity (Wildman–Crippen MR) is 148 cm³/mol. The Morgan fingerprint density at radius 3 is 2.76 bits per heavy atom. The van der Waals surface area contributed by atoms with Gasteiger partial charge in [-0.15, -0.1) is 11.3 Å². The number of methoxy groups -OCH3 is 1. The normalized spacial score (nSPS) is 14.1. The molecule has 0 aliphatic carbocycles. The van der Waals surface area contributed by atoms with Crippen LogP contribution >= 0.6 is 11.3 Å². The predicted octanol–water partition coefficient (Wildman–Crippen LogP) is 4.79. The minimum absolute atomic E-state index is 0.112. The molecule has 1 N–H and O–H groups in total. The van der Waals surface area contributed by atoms with E-state index in [0.29, 0.717) is 18.8 Å². The summed E-state index contributed by atoms with van der Waals surface area (Å²) in [5.41, 5.74) is 5.17. The van der Waals surface area contributed by atoms with Gasteiger partial charge in [-0.3, -0.25) is 9.30 Å². The van der Waals surface area contributed by atoms with Crippen LogP contribution in [0.1, 0.15) is 11.3 Å². The Labute approximate surface area is 221 Å². The van der Waals surface area contributed by atoms with Crippen molar-refractivity contribution in [2.45, 2.75) is 13.3 Å². The molecule has 37 heavy (non-hydrogen) atoms. The molecule has 0 saturated carbocycles. The number of carbonyl (C=O) groups is 1. The van der Waals surface area contributed by atoms with Crippen molar-refractivity contribution in [1.29, 1.82) is 0 Å². The molecular formula is C28H33N5O3S.